The second-order valence-electron chi connectivity index (χ2n) is 9.97. The second-order valence-corrected chi connectivity index (χ2v) is 10.9. The summed E-state index contributed by atoms with van der Waals surface area (Å²) in [5, 5.41) is 12.0. The van der Waals surface area contributed by atoms with E-state index in [9.17, 15) is 13.6 Å². The standard InChI is InChI=1S/C25H32F2N6O3S/c1-16-12-21(30-24(28-16)33-14-18(15-33)36-23(26)27)29-22(35)19-3-2-17(31-37-11-10-34)13-20(19)32-8-6-25(4-5-25)7-9-32/h2-3,12-13,18,23,31,34H,4-11,14-15H2,1H3,(H,28,29,30,35). The summed E-state index contributed by atoms with van der Waals surface area (Å²) in [5.41, 5.74) is 3.46. The molecule has 37 heavy (non-hydrogen) atoms. The summed E-state index contributed by atoms with van der Waals surface area (Å²) in [7, 11) is 0. The number of nitrogens with zero attached hydrogens (tertiary/aromatic N) is 4. The molecule has 2 saturated heterocycles. The summed E-state index contributed by atoms with van der Waals surface area (Å²) in [6.45, 7) is 1.42. The van der Waals surface area contributed by atoms with Crippen molar-refractivity contribution in [3.05, 3.63) is 35.5 Å². The number of amides is 1. The fourth-order valence-corrected chi connectivity index (χ4v) is 5.39. The highest BCUT2D eigenvalue weighted by Gasteiger charge is 2.44. The Balaban J connectivity index is 1.32. The van der Waals surface area contributed by atoms with Gasteiger partial charge < -0.3 is 29.7 Å². The molecule has 1 aromatic carbocycles. The number of hydrogen-bond acceptors (Lipinski definition) is 9. The summed E-state index contributed by atoms with van der Waals surface area (Å²) >= 11 is 1.41. The molecule has 3 N–H and O–H groups in total. The van der Waals surface area contributed by atoms with Gasteiger partial charge >= 0.3 is 6.61 Å². The molecule has 3 heterocycles. The Bertz CT molecular complexity index is 1120. The van der Waals surface area contributed by atoms with Crippen molar-refractivity contribution in [2.45, 2.75) is 45.3 Å². The number of nitrogens with one attached hydrogen (secondary N) is 2. The van der Waals surface area contributed by atoms with Crippen LogP contribution in [0.4, 0.5) is 31.9 Å². The Kier molecular flexibility index (Phi) is 7.68. The topological polar surface area (TPSA) is 103 Å². The molecule has 12 heteroatoms. The summed E-state index contributed by atoms with van der Waals surface area (Å²) in [6, 6.07) is 7.34. The Morgan fingerprint density at radius 3 is 2.62 bits per heavy atom. The van der Waals surface area contributed by atoms with Crippen LogP contribution in [0.15, 0.2) is 24.3 Å². The summed E-state index contributed by atoms with van der Waals surface area (Å²) < 4.78 is 32.6. The number of carbonyl (C=O) groups is 1. The van der Waals surface area contributed by atoms with Gasteiger partial charge in [0.2, 0.25) is 5.95 Å². The van der Waals surface area contributed by atoms with Gasteiger partial charge in [0.15, 0.2) is 0 Å². The fraction of sp³-hybridized carbons (Fsp3) is 0.560. The number of benzene rings is 1. The van der Waals surface area contributed by atoms with Gasteiger partial charge in [-0.1, -0.05) is 11.9 Å². The van der Waals surface area contributed by atoms with Crippen molar-refractivity contribution in [3.8, 4) is 0 Å². The molecule has 0 radical (unpaired) electrons. The first-order valence-electron chi connectivity index (χ1n) is 12.6. The number of anilines is 4. The van der Waals surface area contributed by atoms with Crippen molar-refractivity contribution < 1.29 is 23.4 Å². The first-order valence-corrected chi connectivity index (χ1v) is 13.6. The average molecular weight is 535 g/mol. The van der Waals surface area contributed by atoms with E-state index >= 15 is 0 Å². The molecule has 9 nitrogen and oxygen atoms in total. The van der Waals surface area contributed by atoms with Gasteiger partial charge in [-0.3, -0.25) is 4.79 Å². The normalized spacial score (nSPS) is 18.7. The highest BCUT2D eigenvalue weighted by molar-refractivity contribution is 8.00. The highest BCUT2D eigenvalue weighted by Crippen LogP contribution is 2.54. The maximum Gasteiger partial charge on any atom is 0.345 e. The van der Waals surface area contributed by atoms with Gasteiger partial charge in [0.05, 0.1) is 24.0 Å². The van der Waals surface area contributed by atoms with Crippen molar-refractivity contribution in [1.29, 1.82) is 0 Å². The first-order chi connectivity index (χ1) is 17.8. The number of halogens is 2. The average Bonchev–Trinajstić information content (AvgIpc) is 3.59. The van der Waals surface area contributed by atoms with Crippen LogP contribution in [0.3, 0.4) is 0 Å². The predicted octanol–water partition coefficient (Wildman–Crippen LogP) is 3.90. The maximum atomic E-state index is 13.5. The quantitative estimate of drug-likeness (QED) is 0.309. The zero-order chi connectivity index (χ0) is 26.0. The molecular formula is C25H32F2N6O3S. The number of piperidine rings is 1. The van der Waals surface area contributed by atoms with E-state index in [0.29, 0.717) is 34.2 Å². The molecule has 1 aromatic heterocycles. The van der Waals surface area contributed by atoms with Gasteiger partial charge in [-0.15, -0.1) is 0 Å². The van der Waals surface area contributed by atoms with Crippen LogP contribution in [-0.2, 0) is 4.74 Å². The molecule has 2 aliphatic heterocycles. The lowest BCUT2D eigenvalue weighted by Crippen LogP contribution is -2.53. The SMILES string of the molecule is Cc1cc(NC(=O)c2ccc(NSCCO)cc2N2CCC3(CC2)CC3)nc(N2CC(OC(F)F)C2)n1. The number of aliphatic hydroxyl groups is 1. The van der Waals surface area contributed by atoms with Gasteiger partial charge in [-0.25, -0.2) is 4.98 Å². The number of alkyl halides is 2. The van der Waals surface area contributed by atoms with Crippen LogP contribution < -0.4 is 19.8 Å². The van der Waals surface area contributed by atoms with E-state index in [1.807, 2.05) is 18.2 Å². The van der Waals surface area contributed by atoms with E-state index < -0.39 is 12.7 Å². The fourth-order valence-electron chi connectivity index (χ4n) is 4.90. The molecule has 5 rings (SSSR count). The number of carbonyl (C=O) groups excluding carboxylic acids is 1. The lowest BCUT2D eigenvalue weighted by Gasteiger charge is -2.38. The highest BCUT2D eigenvalue weighted by atomic mass is 32.2. The molecule has 1 saturated carbocycles. The predicted molar refractivity (Wildman–Crippen MR) is 141 cm³/mol. The summed E-state index contributed by atoms with van der Waals surface area (Å²) in [5.74, 6) is 1.01. The third-order valence-electron chi connectivity index (χ3n) is 7.26. The number of aromatic nitrogens is 2. The molecule has 0 atom stereocenters. The van der Waals surface area contributed by atoms with Crippen LogP contribution in [0.5, 0.6) is 0 Å². The maximum absolute atomic E-state index is 13.5. The third kappa shape index (κ3) is 6.24. The van der Waals surface area contributed by atoms with Gasteiger partial charge in [-0.2, -0.15) is 13.8 Å². The van der Waals surface area contributed by atoms with Crippen molar-refractivity contribution in [1.82, 2.24) is 9.97 Å². The monoisotopic (exact) mass is 534 g/mol. The van der Waals surface area contributed by atoms with Gasteiger partial charge in [0, 0.05) is 49.4 Å². The Hall–Kier alpha value is -2.70. The number of hydrogen-bond donors (Lipinski definition) is 3. The van der Waals surface area contributed by atoms with E-state index in [4.69, 9.17) is 5.11 Å². The Morgan fingerprint density at radius 1 is 1.19 bits per heavy atom. The van der Waals surface area contributed by atoms with Crippen LogP contribution in [-0.4, -0.2) is 72.2 Å². The van der Waals surface area contributed by atoms with E-state index in [1.165, 1.54) is 24.8 Å². The zero-order valence-electron chi connectivity index (χ0n) is 20.8. The number of aliphatic hydroxyl groups excluding tert-OH is 1. The molecule has 2 aromatic rings. The lowest BCUT2D eigenvalue weighted by molar-refractivity contribution is -0.167. The minimum absolute atomic E-state index is 0.0802. The summed E-state index contributed by atoms with van der Waals surface area (Å²) in [6.07, 6.45) is 4.30. The molecule has 1 spiro atoms. The minimum atomic E-state index is -2.81. The second kappa shape index (κ2) is 11.0. The van der Waals surface area contributed by atoms with Crippen LogP contribution in [0.1, 0.15) is 41.7 Å². The zero-order valence-corrected chi connectivity index (χ0v) is 21.6. The largest absolute Gasteiger partial charge is 0.395 e. The van der Waals surface area contributed by atoms with Crippen LogP contribution in [0.2, 0.25) is 0 Å². The van der Waals surface area contributed by atoms with Crippen LogP contribution in [0, 0.1) is 12.3 Å². The van der Waals surface area contributed by atoms with E-state index in [1.54, 1.807) is 17.9 Å². The van der Waals surface area contributed by atoms with E-state index in [2.05, 4.69) is 29.6 Å². The Labute approximate surface area is 219 Å². The van der Waals surface area contributed by atoms with Crippen molar-refractivity contribution in [3.63, 3.8) is 0 Å². The van der Waals surface area contributed by atoms with Gasteiger partial charge in [-0.05, 0) is 56.2 Å². The number of rotatable bonds is 10. The molecule has 3 fully saturated rings. The number of ether oxygens (including phenoxy) is 1. The molecule has 1 aliphatic carbocycles. The van der Waals surface area contributed by atoms with E-state index in [-0.39, 0.29) is 25.6 Å². The van der Waals surface area contributed by atoms with E-state index in [0.717, 1.165) is 37.3 Å². The molecule has 0 bridgehead atoms. The molecule has 0 unspecified atom stereocenters. The van der Waals surface area contributed by atoms with Gasteiger partial charge in [0.1, 0.15) is 5.82 Å². The van der Waals surface area contributed by atoms with Crippen LogP contribution >= 0.6 is 11.9 Å². The minimum Gasteiger partial charge on any atom is -0.395 e. The molecular weight excluding hydrogens is 502 g/mol. The third-order valence-corrected chi connectivity index (χ3v) is 8.02. The van der Waals surface area contributed by atoms with Crippen molar-refractivity contribution in [2.75, 3.05) is 58.4 Å². The van der Waals surface area contributed by atoms with Crippen molar-refractivity contribution in [2.24, 2.45) is 5.41 Å². The molecule has 3 aliphatic rings. The Morgan fingerprint density at radius 2 is 1.95 bits per heavy atom. The smallest absolute Gasteiger partial charge is 0.345 e. The molecule has 1 amide bonds. The first kappa shape index (κ1) is 25.9. The van der Waals surface area contributed by atoms with Gasteiger partial charge in [0.25, 0.3) is 5.91 Å². The lowest BCUT2D eigenvalue weighted by atomic mass is 9.93. The molecule has 200 valence electrons. The summed E-state index contributed by atoms with van der Waals surface area (Å²) in [4.78, 5) is 26.3. The number of aryl methyl sites for hydroxylation is 1. The van der Waals surface area contributed by atoms with Crippen LogP contribution in [0.25, 0.3) is 0 Å². The van der Waals surface area contributed by atoms with Crippen molar-refractivity contribution >= 4 is 41.0 Å².